The zero-order chi connectivity index (χ0) is 13.8. The molecule has 0 fully saturated rings. The molecule has 0 aliphatic heterocycles. The fourth-order valence-corrected chi connectivity index (χ4v) is 1.71. The van der Waals surface area contributed by atoms with Crippen LogP contribution in [-0.4, -0.2) is 20.2 Å². The van der Waals surface area contributed by atoms with Gasteiger partial charge in [0.15, 0.2) is 0 Å². The normalized spacial score (nSPS) is 10.8. The van der Waals surface area contributed by atoms with Crippen LogP contribution in [0.15, 0.2) is 18.3 Å². The molecule has 0 bridgehead atoms. The predicted molar refractivity (Wildman–Crippen MR) is 75.2 cm³/mol. The molecule has 0 spiro atoms. The summed E-state index contributed by atoms with van der Waals surface area (Å²) in [4.78, 5) is 8.77. The lowest BCUT2D eigenvalue weighted by molar-refractivity contribution is 0.770. The number of hydrogen-bond donors (Lipinski definition) is 1. The molecule has 0 saturated heterocycles. The Kier molecular flexibility index (Phi) is 4.27. The van der Waals surface area contributed by atoms with Crippen LogP contribution in [0.25, 0.3) is 0 Å². The third-order valence-electron chi connectivity index (χ3n) is 2.68. The minimum absolute atomic E-state index is 0.232. The van der Waals surface area contributed by atoms with Crippen molar-refractivity contribution in [3.63, 3.8) is 0 Å². The molecule has 1 N–H and O–H groups in total. The topological polar surface area (TPSA) is 63.6 Å². The highest BCUT2D eigenvalue weighted by atomic mass is 35.5. The molecule has 2 rings (SSSR count). The highest BCUT2D eigenvalue weighted by Gasteiger charge is 2.11. The largest absolute Gasteiger partial charge is 0.364 e. The summed E-state index contributed by atoms with van der Waals surface area (Å²) in [6.45, 7) is 6.52. The molecule has 0 aliphatic carbocycles. The molecule has 0 atom stereocenters. The van der Waals surface area contributed by atoms with Gasteiger partial charge in [0.25, 0.3) is 0 Å². The fraction of sp³-hybridized carbons (Fsp3) is 0.385. The van der Waals surface area contributed by atoms with E-state index in [1.54, 1.807) is 6.20 Å². The monoisotopic (exact) mass is 277 g/mol. The van der Waals surface area contributed by atoms with Crippen molar-refractivity contribution in [1.29, 1.82) is 0 Å². The highest BCUT2D eigenvalue weighted by Crippen LogP contribution is 2.23. The van der Waals surface area contributed by atoms with Crippen molar-refractivity contribution >= 4 is 17.4 Å². The molecule has 5 nitrogen and oxygen atoms in total. The molecule has 6 heteroatoms. The van der Waals surface area contributed by atoms with Gasteiger partial charge in [-0.15, -0.1) is 0 Å². The Morgan fingerprint density at radius 1 is 1.32 bits per heavy atom. The summed E-state index contributed by atoms with van der Waals surface area (Å²) in [5, 5.41) is 11.6. The first-order valence-corrected chi connectivity index (χ1v) is 6.50. The number of halogens is 1. The average molecular weight is 278 g/mol. The van der Waals surface area contributed by atoms with E-state index < -0.39 is 0 Å². The first-order chi connectivity index (χ1) is 9.08. The van der Waals surface area contributed by atoms with Gasteiger partial charge in [-0.05, 0) is 19.1 Å². The van der Waals surface area contributed by atoms with Crippen molar-refractivity contribution in [2.45, 2.75) is 33.2 Å². The van der Waals surface area contributed by atoms with Crippen LogP contribution in [0.4, 0.5) is 5.82 Å². The zero-order valence-electron chi connectivity index (χ0n) is 11.2. The molecular formula is C13H16ClN5. The molecule has 0 amide bonds. The Morgan fingerprint density at radius 2 is 2.11 bits per heavy atom. The first kappa shape index (κ1) is 13.7. The lowest BCUT2D eigenvalue weighted by Gasteiger charge is -2.12. The van der Waals surface area contributed by atoms with Crippen molar-refractivity contribution in [2.75, 3.05) is 5.32 Å². The summed E-state index contributed by atoms with van der Waals surface area (Å²) >= 11 is 6.13. The smallest absolute Gasteiger partial charge is 0.137 e. The molecular weight excluding hydrogens is 262 g/mol. The van der Waals surface area contributed by atoms with Gasteiger partial charge in [0.2, 0.25) is 0 Å². The van der Waals surface area contributed by atoms with Gasteiger partial charge in [-0.1, -0.05) is 25.4 Å². The van der Waals surface area contributed by atoms with Gasteiger partial charge >= 0.3 is 0 Å². The van der Waals surface area contributed by atoms with Crippen molar-refractivity contribution in [3.8, 4) is 0 Å². The summed E-state index contributed by atoms with van der Waals surface area (Å²) in [5.41, 5.74) is 1.69. The molecule has 0 saturated carbocycles. The minimum atomic E-state index is 0.232. The summed E-state index contributed by atoms with van der Waals surface area (Å²) in [6, 6.07) is 3.75. The maximum Gasteiger partial charge on any atom is 0.137 e. The molecule has 2 aromatic rings. The minimum Gasteiger partial charge on any atom is -0.364 e. The van der Waals surface area contributed by atoms with Crippen LogP contribution < -0.4 is 5.32 Å². The fourth-order valence-electron chi connectivity index (χ4n) is 1.54. The molecule has 2 heterocycles. The quantitative estimate of drug-likeness (QED) is 0.871. The lowest BCUT2D eigenvalue weighted by atomic mass is 10.2. The van der Waals surface area contributed by atoms with Crippen molar-refractivity contribution < 1.29 is 0 Å². The standard InChI is InChI=1S/C13H16ClN5/c1-8(2)12-17-11(14)9(3)13(18-12)15-7-10-5-4-6-16-19-10/h4-6,8H,7H2,1-3H3,(H,15,17,18). The highest BCUT2D eigenvalue weighted by molar-refractivity contribution is 6.30. The summed E-state index contributed by atoms with van der Waals surface area (Å²) in [7, 11) is 0. The van der Waals surface area contributed by atoms with Crippen LogP contribution in [0.1, 0.15) is 36.8 Å². The number of rotatable bonds is 4. The van der Waals surface area contributed by atoms with Gasteiger partial charge in [-0.25, -0.2) is 9.97 Å². The third-order valence-corrected chi connectivity index (χ3v) is 3.05. The van der Waals surface area contributed by atoms with Crippen LogP contribution in [-0.2, 0) is 6.54 Å². The second-order valence-electron chi connectivity index (χ2n) is 4.57. The van der Waals surface area contributed by atoms with E-state index in [4.69, 9.17) is 11.6 Å². The van der Waals surface area contributed by atoms with E-state index in [2.05, 4.69) is 25.5 Å². The molecule has 100 valence electrons. The first-order valence-electron chi connectivity index (χ1n) is 6.12. The summed E-state index contributed by atoms with van der Waals surface area (Å²) in [5.74, 6) is 1.71. The van der Waals surface area contributed by atoms with Gasteiger partial charge in [0.1, 0.15) is 16.8 Å². The van der Waals surface area contributed by atoms with E-state index in [0.717, 1.165) is 22.9 Å². The van der Waals surface area contributed by atoms with Crippen LogP contribution in [0.3, 0.4) is 0 Å². The Bertz CT molecular complexity index is 556. The van der Waals surface area contributed by atoms with Gasteiger partial charge in [-0.3, -0.25) is 0 Å². The van der Waals surface area contributed by atoms with Crippen molar-refractivity contribution in [1.82, 2.24) is 20.2 Å². The number of nitrogens with one attached hydrogen (secondary N) is 1. The predicted octanol–water partition coefficient (Wildman–Crippen LogP) is 2.96. The second kappa shape index (κ2) is 5.93. The van der Waals surface area contributed by atoms with Crippen LogP contribution >= 0.6 is 11.6 Å². The van der Waals surface area contributed by atoms with Gasteiger partial charge in [0, 0.05) is 17.7 Å². The van der Waals surface area contributed by atoms with E-state index in [1.165, 1.54) is 0 Å². The Morgan fingerprint density at radius 3 is 2.74 bits per heavy atom. The third kappa shape index (κ3) is 3.38. The van der Waals surface area contributed by atoms with E-state index in [0.29, 0.717) is 11.7 Å². The van der Waals surface area contributed by atoms with Gasteiger partial charge in [0.05, 0.1) is 12.2 Å². The number of nitrogens with zero attached hydrogens (tertiary/aromatic N) is 4. The molecule has 0 radical (unpaired) electrons. The van der Waals surface area contributed by atoms with E-state index in [1.807, 2.05) is 32.9 Å². The number of aromatic nitrogens is 4. The lowest BCUT2D eigenvalue weighted by Crippen LogP contribution is -2.09. The van der Waals surface area contributed by atoms with E-state index in [9.17, 15) is 0 Å². The van der Waals surface area contributed by atoms with Gasteiger partial charge in [-0.2, -0.15) is 10.2 Å². The van der Waals surface area contributed by atoms with Gasteiger partial charge < -0.3 is 5.32 Å². The van der Waals surface area contributed by atoms with Crippen molar-refractivity contribution in [2.24, 2.45) is 0 Å². The molecule has 0 aliphatic rings. The summed E-state index contributed by atoms with van der Waals surface area (Å²) in [6.07, 6.45) is 1.65. The molecule has 0 unspecified atom stereocenters. The molecule has 0 aromatic carbocycles. The van der Waals surface area contributed by atoms with Crippen molar-refractivity contribution in [3.05, 3.63) is 40.6 Å². The Labute approximate surface area is 117 Å². The Hall–Kier alpha value is -1.75. The van der Waals surface area contributed by atoms with Crippen LogP contribution in [0.2, 0.25) is 5.15 Å². The Balaban J connectivity index is 2.20. The van der Waals surface area contributed by atoms with Crippen LogP contribution in [0.5, 0.6) is 0 Å². The SMILES string of the molecule is Cc1c(Cl)nc(C(C)C)nc1NCc1cccnn1. The maximum atomic E-state index is 6.13. The number of hydrogen-bond acceptors (Lipinski definition) is 5. The van der Waals surface area contributed by atoms with Crippen LogP contribution in [0, 0.1) is 6.92 Å². The maximum absolute atomic E-state index is 6.13. The second-order valence-corrected chi connectivity index (χ2v) is 4.93. The van der Waals surface area contributed by atoms with E-state index in [-0.39, 0.29) is 5.92 Å². The number of anilines is 1. The molecule has 2 aromatic heterocycles. The zero-order valence-corrected chi connectivity index (χ0v) is 11.9. The summed E-state index contributed by atoms with van der Waals surface area (Å²) < 4.78 is 0. The average Bonchev–Trinajstić information content (AvgIpc) is 2.41. The molecule has 19 heavy (non-hydrogen) atoms. The van der Waals surface area contributed by atoms with E-state index >= 15 is 0 Å².